The summed E-state index contributed by atoms with van der Waals surface area (Å²) in [5, 5.41) is 14.0. The van der Waals surface area contributed by atoms with Crippen LogP contribution in [0.3, 0.4) is 0 Å². The second-order valence-electron chi connectivity index (χ2n) is 6.59. The molecule has 1 N–H and O–H groups in total. The van der Waals surface area contributed by atoms with Gasteiger partial charge in [0.25, 0.3) is 0 Å². The molecule has 0 spiro atoms. The van der Waals surface area contributed by atoms with Crippen molar-refractivity contribution >= 4 is 17.6 Å². The van der Waals surface area contributed by atoms with Crippen molar-refractivity contribution in [2.45, 2.75) is 32.8 Å². The van der Waals surface area contributed by atoms with Gasteiger partial charge in [-0.1, -0.05) is 0 Å². The first-order valence-electron chi connectivity index (χ1n) is 7.57. The van der Waals surface area contributed by atoms with Crippen molar-refractivity contribution in [2.24, 2.45) is 5.92 Å². The van der Waals surface area contributed by atoms with E-state index in [9.17, 15) is 14.9 Å². The Morgan fingerprint density at radius 2 is 2.30 bits per heavy atom. The molecular formula is C15H22N4O4. The molecule has 1 aromatic heterocycles. The van der Waals surface area contributed by atoms with Crippen LogP contribution in [0.4, 0.5) is 16.3 Å². The van der Waals surface area contributed by atoms with Crippen LogP contribution in [0.2, 0.25) is 0 Å². The fourth-order valence-electron chi connectivity index (χ4n) is 2.41. The van der Waals surface area contributed by atoms with E-state index in [-0.39, 0.29) is 23.5 Å². The molecule has 1 saturated heterocycles. The van der Waals surface area contributed by atoms with Crippen molar-refractivity contribution in [3.8, 4) is 0 Å². The molecule has 1 fully saturated rings. The van der Waals surface area contributed by atoms with E-state index in [0.29, 0.717) is 19.6 Å². The van der Waals surface area contributed by atoms with Gasteiger partial charge < -0.3 is 15.0 Å². The molecule has 1 atom stereocenters. The quantitative estimate of drug-likeness (QED) is 0.676. The number of pyridine rings is 1. The van der Waals surface area contributed by atoms with Gasteiger partial charge in [-0.25, -0.2) is 9.78 Å². The van der Waals surface area contributed by atoms with Gasteiger partial charge >= 0.3 is 11.8 Å². The minimum absolute atomic E-state index is 0.0468. The number of nitro groups is 1. The molecule has 1 aliphatic rings. The first kappa shape index (κ1) is 17.0. The predicted molar refractivity (Wildman–Crippen MR) is 85.3 cm³/mol. The molecule has 1 aromatic rings. The molecule has 8 nitrogen and oxygen atoms in total. The van der Waals surface area contributed by atoms with Crippen LogP contribution in [0.5, 0.6) is 0 Å². The molecule has 0 bridgehead atoms. The van der Waals surface area contributed by atoms with Gasteiger partial charge in [0.15, 0.2) is 0 Å². The fourth-order valence-corrected chi connectivity index (χ4v) is 2.41. The molecule has 0 aliphatic carbocycles. The number of carbonyl (C=O) groups is 1. The number of rotatable bonds is 4. The molecule has 1 amide bonds. The first-order chi connectivity index (χ1) is 10.8. The van der Waals surface area contributed by atoms with Gasteiger partial charge in [0.1, 0.15) is 5.60 Å². The second kappa shape index (κ2) is 6.80. The Kier molecular flexibility index (Phi) is 5.02. The number of aromatic nitrogens is 1. The summed E-state index contributed by atoms with van der Waals surface area (Å²) in [6.07, 6.45) is 2.02. The zero-order chi connectivity index (χ0) is 17.0. The van der Waals surface area contributed by atoms with E-state index in [4.69, 9.17) is 4.74 Å². The number of nitrogens with zero attached hydrogens (tertiary/aromatic N) is 3. The largest absolute Gasteiger partial charge is 0.444 e. The lowest BCUT2D eigenvalue weighted by Gasteiger charge is -2.24. The third-order valence-electron chi connectivity index (χ3n) is 3.48. The van der Waals surface area contributed by atoms with Crippen LogP contribution in [0.1, 0.15) is 27.2 Å². The highest BCUT2D eigenvalue weighted by atomic mass is 16.6. The average Bonchev–Trinajstić information content (AvgIpc) is 2.92. The van der Waals surface area contributed by atoms with E-state index in [1.54, 1.807) is 4.90 Å². The Balaban J connectivity index is 1.87. The Bertz CT molecular complexity index is 585. The lowest BCUT2D eigenvalue weighted by Crippen LogP contribution is -2.35. The number of anilines is 1. The van der Waals surface area contributed by atoms with Crippen LogP contribution in [-0.4, -0.2) is 46.1 Å². The van der Waals surface area contributed by atoms with Gasteiger partial charge in [0.2, 0.25) is 5.82 Å². The maximum atomic E-state index is 12.0. The van der Waals surface area contributed by atoms with Crippen LogP contribution in [0.25, 0.3) is 0 Å². The summed E-state index contributed by atoms with van der Waals surface area (Å²) in [5.41, 5.74) is -0.559. The first-order valence-corrected chi connectivity index (χ1v) is 7.57. The van der Waals surface area contributed by atoms with Crippen LogP contribution < -0.4 is 5.32 Å². The van der Waals surface area contributed by atoms with Crippen molar-refractivity contribution < 1.29 is 14.5 Å². The summed E-state index contributed by atoms with van der Waals surface area (Å²) in [7, 11) is 0. The number of hydrogen-bond donors (Lipinski definition) is 1. The summed E-state index contributed by atoms with van der Waals surface area (Å²) in [4.78, 5) is 28.2. The molecule has 0 aromatic carbocycles. The molecule has 8 heteroatoms. The van der Waals surface area contributed by atoms with E-state index in [1.807, 2.05) is 20.8 Å². The Labute approximate surface area is 135 Å². The molecule has 0 saturated carbocycles. The maximum absolute atomic E-state index is 12.0. The van der Waals surface area contributed by atoms with E-state index >= 15 is 0 Å². The summed E-state index contributed by atoms with van der Waals surface area (Å²) < 4.78 is 5.35. The van der Waals surface area contributed by atoms with E-state index in [2.05, 4.69) is 10.3 Å². The van der Waals surface area contributed by atoms with Crippen LogP contribution in [-0.2, 0) is 4.74 Å². The number of likely N-dealkylation sites (tertiary alicyclic amines) is 1. The second-order valence-corrected chi connectivity index (χ2v) is 6.59. The Hall–Kier alpha value is -2.38. The average molecular weight is 322 g/mol. The number of carbonyl (C=O) groups excluding carboxylic acids is 1. The Morgan fingerprint density at radius 1 is 1.57 bits per heavy atom. The summed E-state index contributed by atoms with van der Waals surface area (Å²) in [5.74, 6) is 0.470. The topological polar surface area (TPSA) is 97.6 Å². The standard InChI is InChI=1S/C15H22N4O4/c1-15(2,3)23-14(20)18-8-6-11(10-18)9-17-13-12(19(21)22)5-4-7-16-13/h4-5,7,11H,6,8-10H2,1-3H3,(H,16,17)/t11-/m0/s1. The lowest BCUT2D eigenvalue weighted by molar-refractivity contribution is -0.384. The minimum atomic E-state index is -0.512. The number of hydrogen-bond acceptors (Lipinski definition) is 6. The lowest BCUT2D eigenvalue weighted by atomic mass is 10.1. The normalized spacial score (nSPS) is 17.9. The highest BCUT2D eigenvalue weighted by Gasteiger charge is 2.30. The predicted octanol–water partition coefficient (Wildman–Crippen LogP) is 2.66. The van der Waals surface area contributed by atoms with Gasteiger partial charge in [0, 0.05) is 31.9 Å². The highest BCUT2D eigenvalue weighted by molar-refractivity contribution is 5.68. The van der Waals surface area contributed by atoms with Gasteiger partial charge in [-0.15, -0.1) is 0 Å². The van der Waals surface area contributed by atoms with Crippen molar-refractivity contribution in [3.05, 3.63) is 28.4 Å². The Morgan fingerprint density at radius 3 is 2.96 bits per heavy atom. The number of nitrogens with one attached hydrogen (secondary N) is 1. The molecule has 1 aliphatic heterocycles. The third-order valence-corrected chi connectivity index (χ3v) is 3.48. The molecule has 126 valence electrons. The van der Waals surface area contributed by atoms with Crippen molar-refractivity contribution in [2.75, 3.05) is 25.0 Å². The monoisotopic (exact) mass is 322 g/mol. The van der Waals surface area contributed by atoms with E-state index in [1.165, 1.54) is 18.3 Å². The van der Waals surface area contributed by atoms with Crippen molar-refractivity contribution in [3.63, 3.8) is 0 Å². The van der Waals surface area contributed by atoms with E-state index < -0.39 is 10.5 Å². The number of amides is 1. The van der Waals surface area contributed by atoms with E-state index in [0.717, 1.165) is 6.42 Å². The van der Waals surface area contributed by atoms with Crippen molar-refractivity contribution in [1.82, 2.24) is 9.88 Å². The zero-order valence-electron chi connectivity index (χ0n) is 13.6. The third kappa shape index (κ3) is 4.80. The van der Waals surface area contributed by atoms with Gasteiger partial charge in [-0.05, 0) is 39.2 Å². The summed E-state index contributed by atoms with van der Waals surface area (Å²) in [6.45, 7) is 7.23. The fraction of sp³-hybridized carbons (Fsp3) is 0.600. The minimum Gasteiger partial charge on any atom is -0.444 e. The van der Waals surface area contributed by atoms with Gasteiger partial charge in [-0.3, -0.25) is 10.1 Å². The maximum Gasteiger partial charge on any atom is 0.410 e. The van der Waals surface area contributed by atoms with Crippen LogP contribution in [0.15, 0.2) is 18.3 Å². The van der Waals surface area contributed by atoms with Crippen LogP contribution in [0, 0.1) is 16.0 Å². The van der Waals surface area contributed by atoms with Crippen molar-refractivity contribution in [1.29, 1.82) is 0 Å². The highest BCUT2D eigenvalue weighted by Crippen LogP contribution is 2.23. The smallest absolute Gasteiger partial charge is 0.410 e. The summed E-state index contributed by atoms with van der Waals surface area (Å²) in [6, 6.07) is 2.94. The number of ether oxygens (including phenoxy) is 1. The van der Waals surface area contributed by atoms with Gasteiger partial charge in [0.05, 0.1) is 4.92 Å². The molecular weight excluding hydrogens is 300 g/mol. The molecule has 0 radical (unpaired) electrons. The SMILES string of the molecule is CC(C)(C)OC(=O)N1CC[C@@H](CNc2ncccc2[N+](=O)[O-])C1. The summed E-state index contributed by atoms with van der Waals surface area (Å²) >= 11 is 0. The molecule has 2 rings (SSSR count). The molecule has 0 unspecified atom stereocenters. The zero-order valence-corrected chi connectivity index (χ0v) is 13.6. The molecule has 2 heterocycles. The molecule has 23 heavy (non-hydrogen) atoms. The van der Waals surface area contributed by atoms with Gasteiger partial charge in [-0.2, -0.15) is 0 Å². The van der Waals surface area contributed by atoms with Crippen LogP contribution >= 0.6 is 0 Å².